The zero-order valence-corrected chi connectivity index (χ0v) is 25.0. The molecule has 0 aromatic heterocycles. The van der Waals surface area contributed by atoms with Crippen LogP contribution >= 0.6 is 0 Å². The van der Waals surface area contributed by atoms with Crippen LogP contribution in [-0.2, 0) is 61.7 Å². The van der Waals surface area contributed by atoms with E-state index in [1.54, 1.807) is 0 Å². The maximum absolute atomic E-state index is 11.7. The third-order valence-electron chi connectivity index (χ3n) is 8.05. The maximum Gasteiger partial charge on any atom is 0.335 e. The molecule has 0 spiro atoms. The van der Waals surface area contributed by atoms with Crippen LogP contribution in [0.5, 0.6) is 11.5 Å². The molecular formula is C29H37NO8Y. The Balaban J connectivity index is 0.00000353. The Morgan fingerprint density at radius 2 is 1.82 bits per heavy atom. The number of piperidine rings is 1. The van der Waals surface area contributed by atoms with E-state index < -0.39 is 36.7 Å². The van der Waals surface area contributed by atoms with Gasteiger partial charge in [-0.05, 0) is 68.3 Å². The van der Waals surface area contributed by atoms with E-state index in [-0.39, 0.29) is 32.7 Å². The second-order valence-corrected chi connectivity index (χ2v) is 10.6. The number of rotatable bonds is 8. The van der Waals surface area contributed by atoms with Crippen molar-refractivity contribution in [2.24, 2.45) is 5.92 Å². The Labute approximate surface area is 253 Å². The average Bonchev–Trinajstić information content (AvgIpc) is 2.92. The molecule has 3 aliphatic rings. The predicted molar refractivity (Wildman–Crippen MR) is 138 cm³/mol. The largest absolute Gasteiger partial charge is 0.485 e. The van der Waals surface area contributed by atoms with Crippen molar-refractivity contribution in [3.8, 4) is 11.5 Å². The Morgan fingerprint density at radius 1 is 1.05 bits per heavy atom. The fraction of sp³-hybridized carbons (Fsp3) is 0.552. The number of hydrogen-bond donors (Lipinski definition) is 4. The maximum atomic E-state index is 11.7. The summed E-state index contributed by atoms with van der Waals surface area (Å²) in [5.74, 6) is -0.170. The molecule has 10 heteroatoms. The number of likely N-dealkylation sites (tertiary alicyclic amines) is 1. The summed E-state index contributed by atoms with van der Waals surface area (Å²) >= 11 is 0. The summed E-state index contributed by atoms with van der Waals surface area (Å²) in [6.45, 7) is 4.66. The van der Waals surface area contributed by atoms with Gasteiger partial charge in [0, 0.05) is 44.3 Å². The van der Waals surface area contributed by atoms with Gasteiger partial charge >= 0.3 is 5.97 Å². The van der Waals surface area contributed by atoms with Crippen LogP contribution in [-0.4, -0.2) is 81.1 Å². The molecule has 7 atom stereocenters. The fourth-order valence-electron chi connectivity index (χ4n) is 6.10. The first kappa shape index (κ1) is 30.4. The zero-order valence-electron chi connectivity index (χ0n) is 22.2. The van der Waals surface area contributed by atoms with Crippen molar-refractivity contribution in [1.82, 2.24) is 4.90 Å². The normalized spacial score (nSPS) is 30.4. The standard InChI is InChI=1S/C29H37NO8.Y/c1-2-12-30-13-6-9-19-14-20-18(15-21(19)30)10-11-22(36-16-17-7-4-3-5-8-17)26(20)37-29-25(33)23(31)24(32)27(38-29)28(34)35;/h3-5,7-8,10-11,19,21,23-25,27,29,31-33H,2,6,9,12-16H2,1H3,(H,34,35);/t19-,21-,23+,24+,25-,27+,29?;/m1./s1. The van der Waals surface area contributed by atoms with Gasteiger partial charge in [-0.2, -0.15) is 0 Å². The van der Waals surface area contributed by atoms with E-state index in [0.29, 0.717) is 30.1 Å². The van der Waals surface area contributed by atoms with Gasteiger partial charge in [-0.15, -0.1) is 0 Å². The van der Waals surface area contributed by atoms with E-state index in [1.165, 1.54) is 0 Å². The van der Waals surface area contributed by atoms with Crippen LogP contribution in [0.3, 0.4) is 0 Å². The summed E-state index contributed by atoms with van der Waals surface area (Å²) in [6, 6.07) is 14.1. The van der Waals surface area contributed by atoms with Crippen LogP contribution in [0.25, 0.3) is 0 Å². The van der Waals surface area contributed by atoms with Gasteiger partial charge in [0.05, 0.1) is 0 Å². The summed E-state index contributed by atoms with van der Waals surface area (Å²) in [6.07, 6.45) is -3.45. The van der Waals surface area contributed by atoms with Gasteiger partial charge in [0.25, 0.3) is 0 Å². The molecule has 1 aliphatic carbocycles. The molecule has 2 aliphatic heterocycles. The molecule has 0 amide bonds. The molecule has 5 rings (SSSR count). The zero-order chi connectivity index (χ0) is 26.8. The topological polar surface area (TPSA) is 129 Å². The van der Waals surface area contributed by atoms with Gasteiger partial charge in [0.15, 0.2) is 17.6 Å². The number of aliphatic carboxylic acids is 1. The number of hydrogen-bond acceptors (Lipinski definition) is 8. The number of aliphatic hydroxyl groups excluding tert-OH is 3. The van der Waals surface area contributed by atoms with Crippen molar-refractivity contribution in [3.05, 3.63) is 59.2 Å². The summed E-state index contributed by atoms with van der Waals surface area (Å²) in [5.41, 5.74) is 3.05. The molecule has 39 heavy (non-hydrogen) atoms. The first-order valence-corrected chi connectivity index (χ1v) is 13.5. The number of carbonyl (C=O) groups is 1. The summed E-state index contributed by atoms with van der Waals surface area (Å²) < 4.78 is 17.8. The van der Waals surface area contributed by atoms with Crippen molar-refractivity contribution < 1.29 is 72.1 Å². The Hall–Kier alpha value is -1.59. The summed E-state index contributed by atoms with van der Waals surface area (Å²) in [5, 5.41) is 40.6. The molecule has 1 unspecified atom stereocenters. The molecule has 0 saturated carbocycles. The molecule has 0 bridgehead atoms. The Bertz CT molecular complexity index is 1120. The van der Waals surface area contributed by atoms with Crippen LogP contribution < -0.4 is 9.47 Å². The molecule has 2 heterocycles. The number of aliphatic hydroxyl groups is 3. The van der Waals surface area contributed by atoms with Crippen molar-refractivity contribution >= 4 is 5.97 Å². The minimum Gasteiger partial charge on any atom is -0.485 e. The smallest absolute Gasteiger partial charge is 0.335 e. The van der Waals surface area contributed by atoms with E-state index >= 15 is 0 Å². The third-order valence-corrected chi connectivity index (χ3v) is 8.05. The molecule has 1 radical (unpaired) electrons. The monoisotopic (exact) mass is 616 g/mol. The van der Waals surface area contributed by atoms with E-state index in [4.69, 9.17) is 14.2 Å². The molecule has 209 valence electrons. The van der Waals surface area contributed by atoms with E-state index in [2.05, 4.69) is 17.9 Å². The van der Waals surface area contributed by atoms with Gasteiger partial charge < -0.3 is 34.6 Å². The fourth-order valence-corrected chi connectivity index (χ4v) is 6.10. The summed E-state index contributed by atoms with van der Waals surface area (Å²) in [7, 11) is 0. The predicted octanol–water partition coefficient (Wildman–Crippen LogP) is 2.12. The second kappa shape index (κ2) is 13.4. The third kappa shape index (κ3) is 6.51. The van der Waals surface area contributed by atoms with E-state index in [0.717, 1.165) is 61.9 Å². The van der Waals surface area contributed by atoms with Crippen molar-refractivity contribution in [2.45, 2.75) is 82.4 Å². The van der Waals surface area contributed by atoms with Gasteiger partial charge in [-0.3, -0.25) is 4.90 Å². The van der Waals surface area contributed by atoms with Crippen LogP contribution in [0, 0.1) is 5.92 Å². The van der Waals surface area contributed by atoms with Crippen LogP contribution in [0.1, 0.15) is 42.9 Å². The number of ether oxygens (including phenoxy) is 3. The first-order valence-electron chi connectivity index (χ1n) is 13.5. The van der Waals surface area contributed by atoms with E-state index in [9.17, 15) is 25.2 Å². The number of carboxylic acid groups (broad SMARTS) is 1. The second-order valence-electron chi connectivity index (χ2n) is 10.6. The number of fused-ring (bicyclic) bond motifs is 2. The average molecular weight is 617 g/mol. The quantitative estimate of drug-likeness (QED) is 0.353. The minimum atomic E-state index is -1.78. The van der Waals surface area contributed by atoms with Crippen molar-refractivity contribution in [2.75, 3.05) is 13.1 Å². The SMILES string of the molecule is CCCN1CCC[C@@H]2Cc3c(ccc(OCc4ccccc4)c3OC3O[C@H](C(=O)O)[C@@H](O)[C@H](O)[C@H]3O)C[C@H]21.[Y]. The number of benzene rings is 2. The molecule has 2 fully saturated rings. The molecule has 2 saturated heterocycles. The van der Waals surface area contributed by atoms with Crippen molar-refractivity contribution in [1.29, 1.82) is 0 Å². The van der Waals surface area contributed by atoms with Gasteiger partial charge in [-0.25, -0.2) is 4.79 Å². The molecule has 4 N–H and O–H groups in total. The summed E-state index contributed by atoms with van der Waals surface area (Å²) in [4.78, 5) is 14.2. The molecule has 2 aromatic rings. The van der Waals surface area contributed by atoms with Crippen molar-refractivity contribution in [3.63, 3.8) is 0 Å². The Kier molecular flexibility index (Phi) is 10.4. The minimum absolute atomic E-state index is 0. The number of nitrogens with zero attached hydrogens (tertiary/aromatic N) is 1. The van der Waals surface area contributed by atoms with Gasteiger partial charge in [-0.1, -0.05) is 43.3 Å². The van der Waals surface area contributed by atoms with Crippen LogP contribution in [0.15, 0.2) is 42.5 Å². The van der Waals surface area contributed by atoms with Gasteiger partial charge in [0.1, 0.15) is 24.9 Å². The van der Waals surface area contributed by atoms with Crippen LogP contribution in [0.4, 0.5) is 0 Å². The molecule has 9 nitrogen and oxygen atoms in total. The van der Waals surface area contributed by atoms with E-state index in [1.807, 2.05) is 36.4 Å². The van der Waals surface area contributed by atoms with Gasteiger partial charge in [0.2, 0.25) is 6.29 Å². The van der Waals surface area contributed by atoms with Crippen LogP contribution in [0.2, 0.25) is 0 Å². The Morgan fingerprint density at radius 3 is 2.54 bits per heavy atom. The first-order chi connectivity index (χ1) is 18.4. The molecule has 2 aromatic carbocycles. The number of carboxylic acids is 1. The molecular weight excluding hydrogens is 579 g/mol.